The molecular formula is C29H45N5O9. The summed E-state index contributed by atoms with van der Waals surface area (Å²) in [5.41, 5.74) is 8.72. The van der Waals surface area contributed by atoms with E-state index >= 15 is 0 Å². The molecule has 43 heavy (non-hydrogen) atoms. The molecular weight excluding hydrogens is 562 g/mol. The molecule has 1 aliphatic heterocycles. The zero-order valence-electron chi connectivity index (χ0n) is 25.1. The van der Waals surface area contributed by atoms with Crippen molar-refractivity contribution in [3.8, 4) is 11.6 Å². The van der Waals surface area contributed by atoms with Crippen LogP contribution in [0, 0.1) is 6.92 Å². The van der Waals surface area contributed by atoms with E-state index in [4.69, 9.17) is 19.9 Å². The second-order valence-corrected chi connectivity index (χ2v) is 11.0. The van der Waals surface area contributed by atoms with Crippen LogP contribution in [0.2, 0.25) is 0 Å². The number of aliphatic hydroxyl groups excluding tert-OH is 4. The summed E-state index contributed by atoms with van der Waals surface area (Å²) in [7, 11) is 0. The predicted molar refractivity (Wildman–Crippen MR) is 155 cm³/mol. The Kier molecular flexibility index (Phi) is 12.7. The molecule has 6 atom stereocenters. The predicted octanol–water partition coefficient (Wildman–Crippen LogP) is -0.650. The summed E-state index contributed by atoms with van der Waals surface area (Å²) in [6, 6.07) is 5.09. The van der Waals surface area contributed by atoms with Gasteiger partial charge in [0.1, 0.15) is 36.2 Å². The van der Waals surface area contributed by atoms with Crippen LogP contribution in [-0.2, 0) is 20.7 Å². The van der Waals surface area contributed by atoms with Gasteiger partial charge in [-0.25, -0.2) is 0 Å². The molecule has 0 saturated carbocycles. The number of nitrogens with zero attached hydrogens (tertiary/aromatic N) is 1. The number of aliphatic hydroxyl groups is 4. The van der Waals surface area contributed by atoms with Gasteiger partial charge in [0.05, 0.1) is 13.2 Å². The number of hydrogen-bond acceptors (Lipinski definition) is 11. The zero-order chi connectivity index (χ0) is 31.7. The van der Waals surface area contributed by atoms with Crippen molar-refractivity contribution in [2.45, 2.75) is 89.6 Å². The van der Waals surface area contributed by atoms with Crippen molar-refractivity contribution >= 4 is 11.8 Å². The number of nitrogens with two attached hydrogens (primary N) is 1. The van der Waals surface area contributed by atoms with E-state index in [-0.39, 0.29) is 24.1 Å². The number of benzene rings is 1. The number of primary amides is 1. The maximum absolute atomic E-state index is 11.8. The fourth-order valence-corrected chi connectivity index (χ4v) is 4.63. The summed E-state index contributed by atoms with van der Waals surface area (Å²) >= 11 is 0. The third-order valence-corrected chi connectivity index (χ3v) is 7.30. The number of nitrogens with one attached hydrogen (secondary N) is 3. The highest BCUT2D eigenvalue weighted by Crippen LogP contribution is 2.32. The molecule has 1 aromatic heterocycles. The van der Waals surface area contributed by atoms with E-state index in [1.54, 1.807) is 6.92 Å². The minimum absolute atomic E-state index is 0.0826. The van der Waals surface area contributed by atoms with E-state index in [1.807, 2.05) is 39.0 Å². The maximum Gasteiger partial charge on any atom is 0.239 e. The highest BCUT2D eigenvalue weighted by molar-refractivity contribution is 5.86. The molecule has 240 valence electrons. The van der Waals surface area contributed by atoms with Crippen molar-refractivity contribution < 1.29 is 44.2 Å². The lowest BCUT2D eigenvalue weighted by atomic mass is 9.96. The zero-order valence-corrected chi connectivity index (χ0v) is 25.1. The summed E-state index contributed by atoms with van der Waals surface area (Å²) in [4.78, 5) is 22.8. The second kappa shape index (κ2) is 16.0. The molecule has 2 heterocycles. The van der Waals surface area contributed by atoms with Gasteiger partial charge in [0.2, 0.25) is 24.0 Å². The van der Waals surface area contributed by atoms with E-state index in [9.17, 15) is 30.0 Å². The van der Waals surface area contributed by atoms with Gasteiger partial charge in [-0.05, 0) is 56.0 Å². The number of ether oxygens (including phenoxy) is 3. The number of aryl methyl sites for hydroxylation is 1. The molecule has 3 rings (SSSR count). The van der Waals surface area contributed by atoms with Gasteiger partial charge >= 0.3 is 0 Å². The Morgan fingerprint density at radius 2 is 1.88 bits per heavy atom. The van der Waals surface area contributed by atoms with E-state index < -0.39 is 49.3 Å². The van der Waals surface area contributed by atoms with Crippen LogP contribution in [-0.4, -0.2) is 105 Å². The lowest BCUT2D eigenvalue weighted by Gasteiger charge is -2.39. The van der Waals surface area contributed by atoms with Gasteiger partial charge in [-0.2, -0.15) is 0 Å². The van der Waals surface area contributed by atoms with Crippen molar-refractivity contribution in [3.63, 3.8) is 0 Å². The Labute approximate surface area is 250 Å². The smallest absolute Gasteiger partial charge is 0.239 e. The fourth-order valence-electron chi connectivity index (χ4n) is 4.63. The van der Waals surface area contributed by atoms with Gasteiger partial charge in [0.25, 0.3) is 0 Å². The summed E-state index contributed by atoms with van der Waals surface area (Å²) in [6.45, 7) is 8.58. The van der Waals surface area contributed by atoms with E-state index in [0.29, 0.717) is 26.1 Å². The van der Waals surface area contributed by atoms with Crippen LogP contribution >= 0.6 is 0 Å². The molecule has 0 spiro atoms. The monoisotopic (exact) mass is 607 g/mol. The average molecular weight is 608 g/mol. The molecule has 14 nitrogen and oxygen atoms in total. The standard InChI is InChI=1S/C29H45N5O9/c1-15(2)23-20(28(34-33-23)43-29-26(39)25(38)24(37)21(14-35)42-29)13-18-6-7-19(12-16(18)3)41-11-5-9-31-10-8-22(36)32-17(4)27(30)40/h6-7,12,15,17,21,24-26,29,31,35,37-39H,5,8-11,13-14H2,1-4H3,(H2,30,40)(H,32,36)(H,33,34)/t17-,21+,24+,25-,26+,29-/m0/s1. The lowest BCUT2D eigenvalue weighted by molar-refractivity contribution is -0.278. The molecule has 1 saturated heterocycles. The van der Waals surface area contributed by atoms with Gasteiger partial charge in [-0.1, -0.05) is 19.9 Å². The van der Waals surface area contributed by atoms with Crippen molar-refractivity contribution in [1.82, 2.24) is 20.8 Å². The Hall–Kier alpha value is -3.27. The lowest BCUT2D eigenvalue weighted by Crippen LogP contribution is -2.60. The Balaban J connectivity index is 1.54. The molecule has 0 bridgehead atoms. The number of hydrogen-bond donors (Lipinski definition) is 8. The van der Waals surface area contributed by atoms with Crippen molar-refractivity contribution in [3.05, 3.63) is 40.6 Å². The number of carbonyl (C=O) groups excluding carboxylic acids is 2. The van der Waals surface area contributed by atoms with Crippen molar-refractivity contribution in [2.75, 3.05) is 26.3 Å². The molecule has 2 amide bonds. The van der Waals surface area contributed by atoms with Crippen LogP contribution in [0.5, 0.6) is 11.6 Å². The summed E-state index contributed by atoms with van der Waals surface area (Å²) in [5, 5.41) is 53.1. The third-order valence-electron chi connectivity index (χ3n) is 7.30. The molecule has 9 N–H and O–H groups in total. The van der Waals surface area contributed by atoms with E-state index in [0.717, 1.165) is 34.6 Å². The summed E-state index contributed by atoms with van der Waals surface area (Å²) in [6.07, 6.45) is -5.60. The van der Waals surface area contributed by atoms with E-state index in [1.165, 1.54) is 0 Å². The van der Waals surface area contributed by atoms with Crippen LogP contribution in [0.1, 0.15) is 61.9 Å². The second-order valence-electron chi connectivity index (χ2n) is 11.0. The van der Waals surface area contributed by atoms with Crippen LogP contribution in [0.15, 0.2) is 18.2 Å². The molecule has 1 fully saturated rings. The molecule has 0 aliphatic carbocycles. The van der Waals surface area contributed by atoms with Crippen molar-refractivity contribution in [2.24, 2.45) is 5.73 Å². The van der Waals surface area contributed by atoms with Gasteiger partial charge in [-0.3, -0.25) is 14.7 Å². The fraction of sp³-hybridized carbons (Fsp3) is 0.621. The Bertz CT molecular complexity index is 1210. The third kappa shape index (κ3) is 9.36. The molecule has 2 aromatic rings. The number of rotatable bonds is 16. The number of H-pyrrole nitrogens is 1. The number of aromatic amines is 1. The minimum Gasteiger partial charge on any atom is -0.494 e. The molecule has 14 heteroatoms. The van der Waals surface area contributed by atoms with Gasteiger partial charge in [0.15, 0.2) is 0 Å². The van der Waals surface area contributed by atoms with Gasteiger partial charge in [0, 0.05) is 30.6 Å². The number of carbonyl (C=O) groups is 2. The normalized spacial score (nSPS) is 22.8. The van der Waals surface area contributed by atoms with Gasteiger partial charge in [-0.15, -0.1) is 5.10 Å². The first-order valence-electron chi connectivity index (χ1n) is 14.5. The molecule has 1 aliphatic rings. The van der Waals surface area contributed by atoms with Crippen LogP contribution < -0.4 is 25.8 Å². The Morgan fingerprint density at radius 1 is 1.14 bits per heavy atom. The minimum atomic E-state index is -1.56. The Morgan fingerprint density at radius 3 is 2.53 bits per heavy atom. The molecule has 0 radical (unpaired) electrons. The van der Waals surface area contributed by atoms with Crippen molar-refractivity contribution in [1.29, 1.82) is 0 Å². The quantitative estimate of drug-likeness (QED) is 0.112. The van der Waals surface area contributed by atoms with Gasteiger partial charge < -0.3 is 51.0 Å². The van der Waals surface area contributed by atoms with E-state index in [2.05, 4.69) is 20.8 Å². The number of amides is 2. The largest absolute Gasteiger partial charge is 0.494 e. The first-order chi connectivity index (χ1) is 20.4. The average Bonchev–Trinajstić information content (AvgIpc) is 3.36. The highest BCUT2D eigenvalue weighted by Gasteiger charge is 2.45. The topological polar surface area (TPSA) is 222 Å². The SMILES string of the molecule is Cc1cc(OCCCNCCC(=O)N[C@@H](C)C(N)=O)ccc1Cc1c(O[C@@H]2O[C@H](CO)[C@@H](O)[C@H](O)[C@H]2O)n[nH]c1C(C)C. The summed E-state index contributed by atoms with van der Waals surface area (Å²) in [5.74, 6) is 0.178. The molecule has 0 unspecified atom stereocenters. The molecule has 1 aromatic carbocycles. The first kappa shape index (κ1) is 34.2. The number of aromatic nitrogens is 2. The highest BCUT2D eigenvalue weighted by atomic mass is 16.7. The first-order valence-corrected chi connectivity index (χ1v) is 14.5. The van der Waals surface area contributed by atoms with Crippen LogP contribution in [0.3, 0.4) is 0 Å². The van der Waals surface area contributed by atoms with Crippen LogP contribution in [0.25, 0.3) is 0 Å². The summed E-state index contributed by atoms with van der Waals surface area (Å²) < 4.78 is 17.3. The van der Waals surface area contributed by atoms with Crippen LogP contribution in [0.4, 0.5) is 0 Å². The maximum atomic E-state index is 11.8.